The summed E-state index contributed by atoms with van der Waals surface area (Å²) in [6, 6.07) is 15.3. The summed E-state index contributed by atoms with van der Waals surface area (Å²) in [4.78, 5) is 4.25. The van der Waals surface area contributed by atoms with Gasteiger partial charge in [-0.1, -0.05) is 24.1 Å². The fraction of sp³-hybridized carbons (Fsp3) is 0.0556. The van der Waals surface area contributed by atoms with Crippen LogP contribution in [0.1, 0.15) is 11.3 Å². The molecule has 1 aromatic heterocycles. The summed E-state index contributed by atoms with van der Waals surface area (Å²) in [6.45, 7) is 1.95. The van der Waals surface area contributed by atoms with Crippen molar-refractivity contribution in [2.75, 3.05) is 0 Å². The van der Waals surface area contributed by atoms with Crippen LogP contribution in [0.15, 0.2) is 61.1 Å². The van der Waals surface area contributed by atoms with Gasteiger partial charge in [0.1, 0.15) is 5.75 Å². The molecule has 0 aliphatic rings. The second-order valence-corrected chi connectivity index (χ2v) is 4.66. The second-order valence-electron chi connectivity index (χ2n) is 4.66. The van der Waals surface area contributed by atoms with Crippen molar-refractivity contribution >= 4 is 0 Å². The first kappa shape index (κ1) is 13.0. The number of terminal acetylenes is 1. The molecule has 0 bridgehead atoms. The van der Waals surface area contributed by atoms with E-state index in [4.69, 9.17) is 11.2 Å². The third-order valence-electron chi connectivity index (χ3n) is 3.09. The van der Waals surface area contributed by atoms with Gasteiger partial charge in [0, 0.05) is 11.8 Å². The molecule has 0 aliphatic heterocycles. The van der Waals surface area contributed by atoms with E-state index in [1.807, 2.05) is 66.2 Å². The zero-order chi connectivity index (χ0) is 14.7. The molecule has 0 atom stereocenters. The number of para-hydroxylation sites is 1. The van der Waals surface area contributed by atoms with Crippen LogP contribution in [0, 0.1) is 19.3 Å². The van der Waals surface area contributed by atoms with Gasteiger partial charge in [-0.15, -0.1) is 6.42 Å². The molecule has 0 spiro atoms. The predicted octanol–water partition coefficient (Wildman–Crippen LogP) is 3.95. The molecule has 102 valence electrons. The zero-order valence-corrected chi connectivity index (χ0v) is 11.7. The fourth-order valence-corrected chi connectivity index (χ4v) is 2.07. The minimum atomic E-state index is 0.703. The molecule has 3 rings (SSSR count). The highest BCUT2D eigenvalue weighted by atomic mass is 16.5. The second kappa shape index (κ2) is 5.56. The lowest BCUT2D eigenvalue weighted by Crippen LogP contribution is -1.96. The summed E-state index contributed by atoms with van der Waals surface area (Å²) >= 11 is 0. The van der Waals surface area contributed by atoms with Gasteiger partial charge >= 0.3 is 0 Å². The number of aryl methyl sites for hydroxylation is 1. The third-order valence-corrected chi connectivity index (χ3v) is 3.09. The number of ether oxygens (including phenoxy) is 1. The molecule has 3 nitrogen and oxygen atoms in total. The minimum absolute atomic E-state index is 0.703. The van der Waals surface area contributed by atoms with Gasteiger partial charge in [0.25, 0.3) is 0 Å². The van der Waals surface area contributed by atoms with Crippen LogP contribution in [0.4, 0.5) is 0 Å². The molecule has 0 saturated heterocycles. The highest BCUT2D eigenvalue weighted by molar-refractivity contribution is 5.53. The Morgan fingerprint density at radius 3 is 2.62 bits per heavy atom. The number of hydrogen-bond donors (Lipinski definition) is 0. The molecule has 0 N–H and O–H groups in total. The molecule has 1 heterocycles. The van der Waals surface area contributed by atoms with Crippen molar-refractivity contribution in [2.24, 2.45) is 0 Å². The first-order chi connectivity index (χ1) is 10.3. The van der Waals surface area contributed by atoms with Crippen molar-refractivity contribution in [1.29, 1.82) is 0 Å². The van der Waals surface area contributed by atoms with Crippen molar-refractivity contribution in [2.45, 2.75) is 6.92 Å². The first-order valence-electron chi connectivity index (χ1n) is 6.61. The smallest absolute Gasteiger partial charge is 0.152 e. The molecule has 0 amide bonds. The van der Waals surface area contributed by atoms with Crippen LogP contribution in [0.25, 0.3) is 5.69 Å². The Balaban J connectivity index is 2.06. The van der Waals surface area contributed by atoms with Gasteiger partial charge in [0.15, 0.2) is 5.75 Å². The minimum Gasteiger partial charge on any atom is -0.455 e. The molecule has 3 aromatic rings. The lowest BCUT2D eigenvalue weighted by atomic mass is 10.2. The molecule has 0 radical (unpaired) electrons. The number of hydrogen-bond acceptors (Lipinski definition) is 2. The molecule has 2 aromatic carbocycles. The van der Waals surface area contributed by atoms with E-state index in [1.165, 1.54) is 0 Å². The van der Waals surface area contributed by atoms with Crippen molar-refractivity contribution in [3.05, 3.63) is 72.3 Å². The highest BCUT2D eigenvalue weighted by Crippen LogP contribution is 2.29. The first-order valence-corrected chi connectivity index (χ1v) is 6.61. The molecule has 0 unspecified atom stereocenters. The van der Waals surface area contributed by atoms with Crippen LogP contribution in [0.5, 0.6) is 11.5 Å². The third kappa shape index (κ3) is 2.80. The lowest BCUT2D eigenvalue weighted by Gasteiger charge is -2.12. The van der Waals surface area contributed by atoms with E-state index >= 15 is 0 Å². The SMILES string of the molecule is C#Cc1ccc(-n2cnc(C)c2)c(Oc2ccccc2)c1. The highest BCUT2D eigenvalue weighted by Gasteiger charge is 2.08. The number of imidazole rings is 1. The average molecular weight is 274 g/mol. The van der Waals surface area contributed by atoms with Crippen LogP contribution >= 0.6 is 0 Å². The summed E-state index contributed by atoms with van der Waals surface area (Å²) in [5.74, 6) is 4.10. The van der Waals surface area contributed by atoms with E-state index in [1.54, 1.807) is 6.33 Å². The van der Waals surface area contributed by atoms with E-state index in [2.05, 4.69) is 10.9 Å². The summed E-state index contributed by atoms with van der Waals surface area (Å²) in [5.41, 5.74) is 2.63. The summed E-state index contributed by atoms with van der Waals surface area (Å²) in [6.07, 6.45) is 9.19. The maximum absolute atomic E-state index is 5.97. The Kier molecular flexibility index (Phi) is 3.44. The Labute approximate surface area is 123 Å². The number of aromatic nitrogens is 2. The van der Waals surface area contributed by atoms with Gasteiger partial charge in [-0.3, -0.25) is 0 Å². The van der Waals surface area contributed by atoms with Crippen LogP contribution in [0.2, 0.25) is 0 Å². The van der Waals surface area contributed by atoms with Gasteiger partial charge in [0.05, 0.1) is 17.7 Å². The van der Waals surface area contributed by atoms with E-state index in [0.29, 0.717) is 5.75 Å². The Morgan fingerprint density at radius 2 is 1.95 bits per heavy atom. The van der Waals surface area contributed by atoms with Gasteiger partial charge in [-0.05, 0) is 37.3 Å². The Bertz CT molecular complexity index is 798. The van der Waals surface area contributed by atoms with Gasteiger partial charge in [-0.25, -0.2) is 4.98 Å². The molecule has 3 heteroatoms. The molecule has 0 fully saturated rings. The van der Waals surface area contributed by atoms with E-state index < -0.39 is 0 Å². The van der Waals surface area contributed by atoms with E-state index in [9.17, 15) is 0 Å². The number of rotatable bonds is 3. The summed E-state index contributed by atoms with van der Waals surface area (Å²) in [5, 5.41) is 0. The quantitative estimate of drug-likeness (QED) is 0.676. The van der Waals surface area contributed by atoms with Crippen LogP contribution < -0.4 is 4.74 Å². The van der Waals surface area contributed by atoms with Crippen molar-refractivity contribution in [3.8, 4) is 29.5 Å². The molecular formula is C18H14N2O. The van der Waals surface area contributed by atoms with Gasteiger partial charge in [-0.2, -0.15) is 0 Å². The van der Waals surface area contributed by atoms with Gasteiger partial charge < -0.3 is 9.30 Å². The van der Waals surface area contributed by atoms with E-state index in [-0.39, 0.29) is 0 Å². The molecule has 0 aliphatic carbocycles. The Morgan fingerprint density at radius 1 is 1.14 bits per heavy atom. The topological polar surface area (TPSA) is 27.1 Å². The van der Waals surface area contributed by atoms with Crippen LogP contribution in [0.3, 0.4) is 0 Å². The molecule has 0 saturated carbocycles. The maximum Gasteiger partial charge on any atom is 0.152 e. The number of nitrogens with zero attached hydrogens (tertiary/aromatic N) is 2. The molecular weight excluding hydrogens is 260 g/mol. The van der Waals surface area contributed by atoms with Crippen molar-refractivity contribution in [3.63, 3.8) is 0 Å². The van der Waals surface area contributed by atoms with Crippen molar-refractivity contribution < 1.29 is 4.74 Å². The van der Waals surface area contributed by atoms with Crippen LogP contribution in [-0.2, 0) is 0 Å². The Hall–Kier alpha value is -2.99. The summed E-state index contributed by atoms with van der Waals surface area (Å²) in [7, 11) is 0. The summed E-state index contributed by atoms with van der Waals surface area (Å²) < 4.78 is 7.90. The standard InChI is InChI=1S/C18H14N2O/c1-3-15-9-10-17(20-12-14(2)19-13-20)18(11-15)21-16-7-5-4-6-8-16/h1,4-13H,2H3. The average Bonchev–Trinajstić information content (AvgIpc) is 2.94. The predicted molar refractivity (Wildman–Crippen MR) is 82.8 cm³/mol. The maximum atomic E-state index is 5.97. The van der Waals surface area contributed by atoms with Crippen molar-refractivity contribution in [1.82, 2.24) is 9.55 Å². The lowest BCUT2D eigenvalue weighted by molar-refractivity contribution is 0.480. The normalized spacial score (nSPS) is 10.1. The monoisotopic (exact) mass is 274 g/mol. The molecule has 21 heavy (non-hydrogen) atoms. The van der Waals surface area contributed by atoms with Gasteiger partial charge in [0.2, 0.25) is 0 Å². The fourth-order valence-electron chi connectivity index (χ4n) is 2.07. The largest absolute Gasteiger partial charge is 0.455 e. The number of benzene rings is 2. The van der Waals surface area contributed by atoms with E-state index in [0.717, 1.165) is 22.7 Å². The zero-order valence-electron chi connectivity index (χ0n) is 11.7. The van der Waals surface area contributed by atoms with Crippen LogP contribution in [-0.4, -0.2) is 9.55 Å².